The number of furan rings is 1. The van der Waals surface area contributed by atoms with Crippen LogP contribution in [0.15, 0.2) is 22.8 Å². The Bertz CT molecular complexity index is 678. The first-order valence-electron chi connectivity index (χ1n) is 8.08. The first-order valence-corrected chi connectivity index (χ1v) is 8.08. The van der Waals surface area contributed by atoms with Gasteiger partial charge in [-0.3, -0.25) is 4.68 Å². The Labute approximate surface area is 142 Å². The predicted molar refractivity (Wildman–Crippen MR) is 90.5 cm³/mol. The van der Waals surface area contributed by atoms with Crippen LogP contribution in [0.2, 0.25) is 0 Å². The number of carbonyl (C=O) groups is 1. The number of hydrogen-bond donors (Lipinski definition) is 3. The van der Waals surface area contributed by atoms with Crippen molar-refractivity contribution < 1.29 is 14.3 Å². The van der Waals surface area contributed by atoms with E-state index in [2.05, 4.69) is 15.7 Å². The quantitative estimate of drug-likeness (QED) is 0.757. The van der Waals surface area contributed by atoms with Crippen molar-refractivity contribution in [3.05, 3.63) is 41.1 Å². The smallest absolute Gasteiger partial charge is 0.315 e. The molecule has 24 heavy (non-hydrogen) atoms. The zero-order chi connectivity index (χ0) is 17.9. The van der Waals surface area contributed by atoms with Gasteiger partial charge in [0.05, 0.1) is 18.0 Å². The topological polar surface area (TPSA) is 92.3 Å². The second kappa shape index (κ2) is 7.53. The molecule has 132 valence electrons. The standard InChI is InChI=1S/C17H26N4O3/c1-10(9-14(22)15-7-6-8-24-15)18-17(23)19-11(2)16-12(3)20-21(5)13(16)4/h6-8,10-11,14,22H,9H2,1-5H3,(H2,18,19,23)/t10-,11+,14-/m1/s1. The Hall–Kier alpha value is -2.28. The fourth-order valence-corrected chi connectivity index (χ4v) is 2.94. The monoisotopic (exact) mass is 334 g/mol. The summed E-state index contributed by atoms with van der Waals surface area (Å²) in [4.78, 5) is 12.2. The minimum absolute atomic E-state index is 0.152. The lowest BCUT2D eigenvalue weighted by atomic mass is 10.1. The maximum absolute atomic E-state index is 12.2. The van der Waals surface area contributed by atoms with Crippen LogP contribution in [0, 0.1) is 13.8 Å². The molecule has 0 aliphatic carbocycles. The van der Waals surface area contributed by atoms with Crippen LogP contribution in [-0.2, 0) is 7.05 Å². The Morgan fingerprint density at radius 1 is 1.38 bits per heavy atom. The van der Waals surface area contributed by atoms with Gasteiger partial charge in [-0.2, -0.15) is 5.10 Å². The summed E-state index contributed by atoms with van der Waals surface area (Å²) in [6, 6.07) is 2.82. The molecular formula is C17H26N4O3. The number of aliphatic hydroxyl groups is 1. The van der Waals surface area contributed by atoms with E-state index < -0.39 is 6.10 Å². The lowest BCUT2D eigenvalue weighted by molar-refractivity contribution is 0.129. The molecule has 0 radical (unpaired) electrons. The van der Waals surface area contributed by atoms with Crippen LogP contribution in [0.1, 0.15) is 55.1 Å². The van der Waals surface area contributed by atoms with Crippen molar-refractivity contribution in [3.8, 4) is 0 Å². The molecule has 0 saturated heterocycles. The van der Waals surface area contributed by atoms with Gasteiger partial charge in [0.1, 0.15) is 11.9 Å². The molecule has 3 N–H and O–H groups in total. The van der Waals surface area contributed by atoms with Gasteiger partial charge >= 0.3 is 6.03 Å². The molecule has 0 fully saturated rings. The molecule has 2 rings (SSSR count). The minimum Gasteiger partial charge on any atom is -0.467 e. The summed E-state index contributed by atoms with van der Waals surface area (Å²) in [7, 11) is 1.89. The minimum atomic E-state index is -0.740. The van der Waals surface area contributed by atoms with Gasteiger partial charge in [-0.15, -0.1) is 0 Å². The molecule has 2 heterocycles. The lowest BCUT2D eigenvalue weighted by Gasteiger charge is -2.20. The van der Waals surface area contributed by atoms with Crippen molar-refractivity contribution in [1.29, 1.82) is 0 Å². The van der Waals surface area contributed by atoms with E-state index >= 15 is 0 Å². The highest BCUT2D eigenvalue weighted by Crippen LogP contribution is 2.21. The highest BCUT2D eigenvalue weighted by molar-refractivity contribution is 5.74. The molecule has 0 saturated carbocycles. The fraction of sp³-hybridized carbons (Fsp3) is 0.529. The molecule has 0 aliphatic heterocycles. The largest absolute Gasteiger partial charge is 0.467 e. The van der Waals surface area contributed by atoms with Crippen LogP contribution in [0.25, 0.3) is 0 Å². The van der Waals surface area contributed by atoms with Crippen molar-refractivity contribution in [2.24, 2.45) is 7.05 Å². The van der Waals surface area contributed by atoms with Crippen molar-refractivity contribution in [2.75, 3.05) is 0 Å². The van der Waals surface area contributed by atoms with E-state index in [0.29, 0.717) is 12.2 Å². The molecule has 2 amide bonds. The first kappa shape index (κ1) is 18.1. The van der Waals surface area contributed by atoms with Gasteiger partial charge in [-0.25, -0.2) is 4.79 Å². The summed E-state index contributed by atoms with van der Waals surface area (Å²) in [6.45, 7) is 7.68. The van der Waals surface area contributed by atoms with E-state index in [9.17, 15) is 9.90 Å². The van der Waals surface area contributed by atoms with Gasteiger partial charge in [0.2, 0.25) is 0 Å². The summed E-state index contributed by atoms with van der Waals surface area (Å²) in [6.07, 6.45) is 1.15. The van der Waals surface area contributed by atoms with E-state index in [4.69, 9.17) is 4.42 Å². The number of urea groups is 1. The molecule has 2 aromatic rings. The number of nitrogens with zero attached hydrogens (tertiary/aromatic N) is 2. The van der Waals surface area contributed by atoms with Crippen LogP contribution >= 0.6 is 0 Å². The number of carbonyl (C=O) groups excluding carboxylic acids is 1. The number of hydrogen-bond acceptors (Lipinski definition) is 4. The zero-order valence-corrected chi connectivity index (χ0v) is 14.8. The Morgan fingerprint density at radius 3 is 2.62 bits per heavy atom. The van der Waals surface area contributed by atoms with Gasteiger partial charge in [-0.1, -0.05) is 0 Å². The average Bonchev–Trinajstić information content (AvgIpc) is 3.07. The van der Waals surface area contributed by atoms with E-state index in [1.807, 2.05) is 39.4 Å². The number of nitrogens with one attached hydrogen (secondary N) is 2. The predicted octanol–water partition coefficient (Wildman–Crippen LogP) is 2.50. The third-order valence-electron chi connectivity index (χ3n) is 4.17. The molecule has 0 spiro atoms. The average molecular weight is 334 g/mol. The second-order valence-electron chi connectivity index (χ2n) is 6.22. The van der Waals surface area contributed by atoms with Crippen molar-refractivity contribution in [1.82, 2.24) is 20.4 Å². The summed E-state index contributed by atoms with van der Waals surface area (Å²) >= 11 is 0. The third-order valence-corrected chi connectivity index (χ3v) is 4.17. The van der Waals surface area contributed by atoms with E-state index in [1.54, 1.807) is 12.1 Å². The SMILES string of the molecule is Cc1nn(C)c(C)c1[C@H](C)NC(=O)N[C@H](C)C[C@@H](O)c1ccco1. The van der Waals surface area contributed by atoms with Gasteiger partial charge in [-0.05, 0) is 39.8 Å². The van der Waals surface area contributed by atoms with Crippen molar-refractivity contribution in [3.63, 3.8) is 0 Å². The van der Waals surface area contributed by atoms with E-state index in [1.165, 1.54) is 6.26 Å². The van der Waals surface area contributed by atoms with Gasteiger partial charge in [0, 0.05) is 30.8 Å². The molecule has 3 atom stereocenters. The van der Waals surface area contributed by atoms with Crippen LogP contribution in [0.4, 0.5) is 4.79 Å². The molecule has 7 heteroatoms. The number of aliphatic hydroxyl groups excluding tert-OH is 1. The van der Waals surface area contributed by atoms with Gasteiger partial charge in [0.15, 0.2) is 0 Å². The number of aryl methyl sites for hydroxylation is 2. The van der Waals surface area contributed by atoms with E-state index in [0.717, 1.165) is 17.0 Å². The molecule has 0 unspecified atom stereocenters. The number of amides is 2. The highest BCUT2D eigenvalue weighted by Gasteiger charge is 2.20. The van der Waals surface area contributed by atoms with Gasteiger partial charge in [0.25, 0.3) is 0 Å². The van der Waals surface area contributed by atoms with Crippen molar-refractivity contribution >= 4 is 6.03 Å². The summed E-state index contributed by atoms with van der Waals surface area (Å²) < 4.78 is 6.97. The van der Waals surface area contributed by atoms with Crippen LogP contribution in [0.5, 0.6) is 0 Å². The Kier molecular flexibility index (Phi) is 5.66. The fourth-order valence-electron chi connectivity index (χ4n) is 2.94. The zero-order valence-electron chi connectivity index (χ0n) is 14.8. The molecule has 0 bridgehead atoms. The Morgan fingerprint density at radius 2 is 2.08 bits per heavy atom. The van der Waals surface area contributed by atoms with Crippen LogP contribution in [0.3, 0.4) is 0 Å². The van der Waals surface area contributed by atoms with Gasteiger partial charge < -0.3 is 20.2 Å². The molecule has 0 aliphatic rings. The molecule has 7 nitrogen and oxygen atoms in total. The lowest BCUT2D eigenvalue weighted by Crippen LogP contribution is -2.42. The molecule has 0 aromatic carbocycles. The van der Waals surface area contributed by atoms with Crippen molar-refractivity contribution in [2.45, 2.75) is 52.3 Å². The maximum Gasteiger partial charge on any atom is 0.315 e. The van der Waals surface area contributed by atoms with Crippen LogP contribution < -0.4 is 10.6 Å². The first-order chi connectivity index (χ1) is 11.3. The van der Waals surface area contributed by atoms with E-state index in [-0.39, 0.29) is 18.1 Å². The normalized spacial score (nSPS) is 14.9. The highest BCUT2D eigenvalue weighted by atomic mass is 16.4. The molecular weight excluding hydrogens is 308 g/mol. The number of aromatic nitrogens is 2. The van der Waals surface area contributed by atoms with Crippen LogP contribution in [-0.4, -0.2) is 27.0 Å². The summed E-state index contributed by atoms with van der Waals surface area (Å²) in [5.74, 6) is 0.499. The summed E-state index contributed by atoms with van der Waals surface area (Å²) in [5, 5.41) is 20.2. The Balaban J connectivity index is 1.88. The summed E-state index contributed by atoms with van der Waals surface area (Å²) in [5.41, 5.74) is 2.96. The molecule has 2 aromatic heterocycles. The maximum atomic E-state index is 12.2. The number of rotatable bonds is 6. The second-order valence-corrected chi connectivity index (χ2v) is 6.22. The third kappa shape index (κ3) is 4.17.